The van der Waals surface area contributed by atoms with E-state index < -0.39 is 17.5 Å². The molecule has 2 atom stereocenters. The van der Waals surface area contributed by atoms with E-state index in [9.17, 15) is 9.59 Å². The minimum absolute atomic E-state index is 0.154. The van der Waals surface area contributed by atoms with Crippen LogP contribution in [0.15, 0.2) is 0 Å². The van der Waals surface area contributed by atoms with E-state index >= 15 is 0 Å². The Bertz CT molecular complexity index is 237. The molecule has 0 aromatic heterocycles. The van der Waals surface area contributed by atoms with Crippen LogP contribution in [0.4, 0.5) is 0 Å². The van der Waals surface area contributed by atoms with Gasteiger partial charge in [0.25, 0.3) is 0 Å². The number of hydrogen-bond donors (Lipinski definition) is 0. The molecule has 0 aliphatic heterocycles. The highest BCUT2D eigenvalue weighted by Crippen LogP contribution is 2.19. The Kier molecular flexibility index (Phi) is 5.33. The molecule has 0 bridgehead atoms. The van der Waals surface area contributed by atoms with Crippen LogP contribution >= 0.6 is 0 Å². The molecule has 0 aliphatic carbocycles. The van der Waals surface area contributed by atoms with E-state index in [-0.39, 0.29) is 6.10 Å². The predicted octanol–water partition coefficient (Wildman–Crippen LogP) is 2.06. The molecule has 0 fully saturated rings. The molecule has 0 amide bonds. The molecule has 0 rings (SSSR count). The van der Waals surface area contributed by atoms with Crippen molar-refractivity contribution in [3.05, 3.63) is 0 Å². The summed E-state index contributed by atoms with van der Waals surface area (Å²) < 4.78 is 10.1. The van der Waals surface area contributed by atoms with Gasteiger partial charge in [-0.2, -0.15) is 0 Å². The minimum atomic E-state index is -1.16. The topological polar surface area (TPSA) is 52.6 Å². The van der Waals surface area contributed by atoms with Gasteiger partial charge in [0.1, 0.15) is 0 Å². The summed E-state index contributed by atoms with van der Waals surface area (Å²) in [5, 5.41) is 0. The number of esters is 2. The van der Waals surface area contributed by atoms with Crippen LogP contribution < -0.4 is 0 Å². The summed E-state index contributed by atoms with van der Waals surface area (Å²) >= 11 is 0. The Morgan fingerprint density at radius 3 is 2.20 bits per heavy atom. The summed E-state index contributed by atoms with van der Waals surface area (Å²) in [5.41, 5.74) is -1.16. The van der Waals surface area contributed by atoms with Gasteiger partial charge in [-0.05, 0) is 26.7 Å². The third kappa shape index (κ3) is 4.32. The standard InChI is InChI=1S/C11H20O4/c1-6-8(3)14-10(13)11(5,7-2)15-9(4)12/h8H,6-7H2,1-5H3. The van der Waals surface area contributed by atoms with Crippen LogP contribution in [-0.4, -0.2) is 23.6 Å². The first-order valence-electron chi connectivity index (χ1n) is 5.26. The van der Waals surface area contributed by atoms with Gasteiger partial charge in [0.15, 0.2) is 0 Å². The number of ether oxygens (including phenoxy) is 2. The summed E-state index contributed by atoms with van der Waals surface area (Å²) in [6.45, 7) is 8.36. The zero-order valence-corrected chi connectivity index (χ0v) is 10.1. The van der Waals surface area contributed by atoms with Gasteiger partial charge in [-0.15, -0.1) is 0 Å². The molecule has 4 heteroatoms. The maximum atomic E-state index is 11.7. The average Bonchev–Trinajstić information content (AvgIpc) is 2.16. The van der Waals surface area contributed by atoms with Gasteiger partial charge < -0.3 is 9.47 Å². The zero-order valence-electron chi connectivity index (χ0n) is 10.1. The molecule has 0 aromatic rings. The first-order chi connectivity index (χ1) is 6.85. The molecule has 2 unspecified atom stereocenters. The number of carbonyl (C=O) groups excluding carboxylic acids is 2. The van der Waals surface area contributed by atoms with E-state index in [0.717, 1.165) is 6.42 Å². The first-order valence-corrected chi connectivity index (χ1v) is 5.26. The molecular formula is C11H20O4. The van der Waals surface area contributed by atoms with Crippen LogP contribution in [0.3, 0.4) is 0 Å². The van der Waals surface area contributed by atoms with Gasteiger partial charge in [0.2, 0.25) is 5.60 Å². The summed E-state index contributed by atoms with van der Waals surface area (Å²) in [6.07, 6.45) is 0.993. The van der Waals surface area contributed by atoms with Crippen molar-refractivity contribution in [1.82, 2.24) is 0 Å². The second-order valence-electron chi connectivity index (χ2n) is 3.80. The van der Waals surface area contributed by atoms with Gasteiger partial charge >= 0.3 is 11.9 Å². The maximum absolute atomic E-state index is 11.7. The monoisotopic (exact) mass is 216 g/mol. The van der Waals surface area contributed by atoms with Crippen molar-refractivity contribution >= 4 is 11.9 Å². The number of carbonyl (C=O) groups is 2. The average molecular weight is 216 g/mol. The second-order valence-corrected chi connectivity index (χ2v) is 3.80. The van der Waals surface area contributed by atoms with E-state index in [0.29, 0.717) is 6.42 Å². The maximum Gasteiger partial charge on any atom is 0.350 e. The molecule has 0 heterocycles. The number of hydrogen-bond acceptors (Lipinski definition) is 4. The Hall–Kier alpha value is -1.06. The fourth-order valence-electron chi connectivity index (χ4n) is 0.966. The zero-order chi connectivity index (χ0) is 12.1. The van der Waals surface area contributed by atoms with E-state index in [1.807, 2.05) is 13.8 Å². The third-order valence-corrected chi connectivity index (χ3v) is 2.36. The predicted molar refractivity (Wildman–Crippen MR) is 56.3 cm³/mol. The van der Waals surface area contributed by atoms with Gasteiger partial charge in [-0.25, -0.2) is 4.79 Å². The van der Waals surface area contributed by atoms with Crippen LogP contribution in [0.1, 0.15) is 47.5 Å². The lowest BCUT2D eigenvalue weighted by Gasteiger charge is -2.26. The lowest BCUT2D eigenvalue weighted by atomic mass is 10.0. The molecule has 4 nitrogen and oxygen atoms in total. The van der Waals surface area contributed by atoms with Crippen molar-refractivity contribution in [3.8, 4) is 0 Å². The molecule has 88 valence electrons. The molecule has 0 spiro atoms. The Labute approximate surface area is 90.9 Å². The van der Waals surface area contributed by atoms with Gasteiger partial charge in [-0.3, -0.25) is 4.79 Å². The highest BCUT2D eigenvalue weighted by Gasteiger charge is 2.37. The van der Waals surface area contributed by atoms with Crippen LogP contribution in [0.2, 0.25) is 0 Å². The van der Waals surface area contributed by atoms with E-state index in [1.165, 1.54) is 6.92 Å². The smallest absolute Gasteiger partial charge is 0.350 e. The van der Waals surface area contributed by atoms with Gasteiger partial charge in [0, 0.05) is 6.92 Å². The van der Waals surface area contributed by atoms with Crippen LogP contribution in [-0.2, 0) is 19.1 Å². The van der Waals surface area contributed by atoms with E-state index in [4.69, 9.17) is 9.47 Å². The second kappa shape index (κ2) is 5.73. The largest absolute Gasteiger partial charge is 0.460 e. The SMILES string of the molecule is CCC(C)OC(=O)C(C)(CC)OC(C)=O. The molecule has 0 aliphatic rings. The van der Waals surface area contributed by atoms with Crippen molar-refractivity contribution in [3.63, 3.8) is 0 Å². The molecule has 0 saturated heterocycles. The molecule has 15 heavy (non-hydrogen) atoms. The summed E-state index contributed by atoms with van der Waals surface area (Å²) in [6, 6.07) is 0. The molecule has 0 N–H and O–H groups in total. The van der Waals surface area contributed by atoms with E-state index in [1.54, 1.807) is 13.8 Å². The minimum Gasteiger partial charge on any atom is -0.460 e. The lowest BCUT2D eigenvalue weighted by molar-refractivity contribution is -0.183. The normalized spacial score (nSPS) is 16.3. The quantitative estimate of drug-likeness (QED) is 0.660. The van der Waals surface area contributed by atoms with Crippen molar-refractivity contribution in [2.75, 3.05) is 0 Å². The fraction of sp³-hybridized carbons (Fsp3) is 0.818. The summed E-state index contributed by atoms with van der Waals surface area (Å²) in [7, 11) is 0. The van der Waals surface area contributed by atoms with Gasteiger partial charge in [0.05, 0.1) is 6.10 Å². The first kappa shape index (κ1) is 13.9. The third-order valence-electron chi connectivity index (χ3n) is 2.36. The van der Waals surface area contributed by atoms with Crippen molar-refractivity contribution < 1.29 is 19.1 Å². The molecular weight excluding hydrogens is 196 g/mol. The molecule has 0 saturated carbocycles. The Balaban J connectivity index is 4.50. The fourth-order valence-corrected chi connectivity index (χ4v) is 0.966. The number of rotatable bonds is 5. The Morgan fingerprint density at radius 2 is 1.87 bits per heavy atom. The Morgan fingerprint density at radius 1 is 1.33 bits per heavy atom. The van der Waals surface area contributed by atoms with Crippen LogP contribution in [0.25, 0.3) is 0 Å². The van der Waals surface area contributed by atoms with Crippen LogP contribution in [0.5, 0.6) is 0 Å². The molecule has 0 aromatic carbocycles. The highest BCUT2D eigenvalue weighted by atomic mass is 16.6. The molecule has 0 radical (unpaired) electrons. The highest BCUT2D eigenvalue weighted by molar-refractivity contribution is 5.82. The summed E-state index contributed by atoms with van der Waals surface area (Å²) in [5.74, 6) is -0.949. The lowest BCUT2D eigenvalue weighted by Crippen LogP contribution is -2.42. The van der Waals surface area contributed by atoms with Crippen molar-refractivity contribution in [1.29, 1.82) is 0 Å². The van der Waals surface area contributed by atoms with Crippen molar-refractivity contribution in [2.24, 2.45) is 0 Å². The van der Waals surface area contributed by atoms with Crippen LogP contribution in [0, 0.1) is 0 Å². The van der Waals surface area contributed by atoms with Gasteiger partial charge in [-0.1, -0.05) is 13.8 Å². The van der Waals surface area contributed by atoms with E-state index in [2.05, 4.69) is 0 Å². The summed E-state index contributed by atoms with van der Waals surface area (Å²) in [4.78, 5) is 22.5. The van der Waals surface area contributed by atoms with Crippen molar-refractivity contribution in [2.45, 2.75) is 59.2 Å².